The molecule has 0 saturated heterocycles. The maximum atomic E-state index is 12.9. The highest BCUT2D eigenvalue weighted by molar-refractivity contribution is 5.78. The zero-order chi connectivity index (χ0) is 22.3. The van der Waals surface area contributed by atoms with Crippen LogP contribution in [0.3, 0.4) is 0 Å². The van der Waals surface area contributed by atoms with Crippen LogP contribution in [0.2, 0.25) is 0 Å². The van der Waals surface area contributed by atoms with Crippen LogP contribution in [-0.4, -0.2) is 20.3 Å². The largest absolute Gasteiger partial charge is 0.426 e. The Morgan fingerprint density at radius 2 is 1.77 bits per heavy atom. The van der Waals surface area contributed by atoms with E-state index in [4.69, 9.17) is 4.74 Å². The van der Waals surface area contributed by atoms with Gasteiger partial charge in [0.15, 0.2) is 0 Å². The first-order valence-electron chi connectivity index (χ1n) is 10.1. The number of hydrogen-bond acceptors (Lipinski definition) is 4. The second kappa shape index (κ2) is 7.58. The Morgan fingerprint density at radius 1 is 1.06 bits per heavy atom. The molecule has 7 heteroatoms. The van der Waals surface area contributed by atoms with Crippen LogP contribution >= 0.6 is 0 Å². The third kappa shape index (κ3) is 3.79. The lowest BCUT2D eigenvalue weighted by atomic mass is 9.80. The quantitative estimate of drug-likeness (QED) is 0.522. The number of fused-ring (bicyclic) bond motifs is 1. The number of hydrogen-bond donors (Lipinski definition) is 1. The maximum Gasteiger partial charge on any atom is 0.347 e. The molecule has 0 fully saturated rings. The van der Waals surface area contributed by atoms with Gasteiger partial charge in [0.1, 0.15) is 5.75 Å². The first-order chi connectivity index (χ1) is 14.7. The molecular formula is C24H25N3O4. The van der Waals surface area contributed by atoms with E-state index in [1.54, 1.807) is 32.9 Å². The van der Waals surface area contributed by atoms with Crippen molar-refractivity contribution in [1.29, 1.82) is 0 Å². The van der Waals surface area contributed by atoms with E-state index >= 15 is 0 Å². The van der Waals surface area contributed by atoms with Crippen molar-refractivity contribution in [3.8, 4) is 5.75 Å². The van der Waals surface area contributed by atoms with Crippen molar-refractivity contribution in [3.63, 3.8) is 0 Å². The van der Waals surface area contributed by atoms with E-state index in [9.17, 15) is 14.4 Å². The summed E-state index contributed by atoms with van der Waals surface area (Å²) in [5, 5.41) is 2.68. The summed E-state index contributed by atoms with van der Waals surface area (Å²) in [6.45, 7) is 5.37. The minimum Gasteiger partial charge on any atom is -0.426 e. The molecule has 1 aliphatic rings. The van der Waals surface area contributed by atoms with Crippen LogP contribution in [0.1, 0.15) is 49.4 Å². The number of nitrogens with zero attached hydrogens (tertiary/aromatic N) is 2. The molecule has 160 valence electrons. The van der Waals surface area contributed by atoms with Crippen molar-refractivity contribution < 1.29 is 9.53 Å². The molecule has 0 unspecified atom stereocenters. The summed E-state index contributed by atoms with van der Waals surface area (Å²) < 4.78 is 8.01. The molecule has 2 aromatic carbocycles. The molecule has 1 N–H and O–H groups in total. The first-order valence-corrected chi connectivity index (χ1v) is 10.1. The summed E-state index contributed by atoms with van der Waals surface area (Å²) in [5.41, 5.74) is 1.12. The third-order valence-electron chi connectivity index (χ3n) is 5.50. The molecule has 31 heavy (non-hydrogen) atoms. The number of aromatic nitrogens is 3. The van der Waals surface area contributed by atoms with E-state index in [1.165, 1.54) is 11.7 Å². The normalized spacial score (nSPS) is 17.9. The molecule has 1 heterocycles. The predicted octanol–water partition coefficient (Wildman–Crippen LogP) is 3.23. The molecular weight excluding hydrogens is 394 g/mol. The van der Waals surface area contributed by atoms with Crippen molar-refractivity contribution in [2.75, 3.05) is 0 Å². The predicted molar refractivity (Wildman–Crippen MR) is 118 cm³/mol. The van der Waals surface area contributed by atoms with Crippen LogP contribution in [0.15, 0.2) is 64.2 Å². The van der Waals surface area contributed by atoms with Gasteiger partial charge < -0.3 is 4.74 Å². The number of ether oxygens (including phenoxy) is 1. The van der Waals surface area contributed by atoms with Gasteiger partial charge in [-0.2, -0.15) is 0 Å². The average molecular weight is 419 g/mol. The van der Waals surface area contributed by atoms with Crippen molar-refractivity contribution in [2.24, 2.45) is 12.5 Å². The van der Waals surface area contributed by atoms with Crippen LogP contribution < -0.4 is 16.1 Å². The standard InChI is InChI=1S/C24H25N3O4/c1-24(2,3)21(28)31-17-12-10-16-11-13-18(15-8-6-5-7-9-15)20(19(16)14-17)27-23(30)26(4)22(29)25-27/h5-14,18,20H,1-4H3,(H,25,29)/t18-,20-/m1/s1. The maximum absolute atomic E-state index is 12.9. The Labute approximate surface area is 179 Å². The molecule has 3 aromatic rings. The molecule has 7 nitrogen and oxygen atoms in total. The highest BCUT2D eigenvalue weighted by Crippen LogP contribution is 2.41. The van der Waals surface area contributed by atoms with Gasteiger partial charge in [0, 0.05) is 13.0 Å². The van der Waals surface area contributed by atoms with Gasteiger partial charge in [-0.05, 0) is 49.6 Å². The molecule has 1 aromatic heterocycles. The molecule has 4 rings (SSSR count). The van der Waals surface area contributed by atoms with Gasteiger partial charge in [-0.15, -0.1) is 0 Å². The number of nitrogens with one attached hydrogen (secondary N) is 1. The van der Waals surface area contributed by atoms with Gasteiger partial charge in [-0.25, -0.2) is 23.9 Å². The van der Waals surface area contributed by atoms with Gasteiger partial charge in [0.2, 0.25) is 0 Å². The zero-order valence-corrected chi connectivity index (χ0v) is 18.0. The van der Waals surface area contributed by atoms with Crippen LogP contribution in [0, 0.1) is 5.41 Å². The minimum absolute atomic E-state index is 0.196. The van der Waals surface area contributed by atoms with Crippen LogP contribution in [0.25, 0.3) is 6.08 Å². The lowest BCUT2D eigenvalue weighted by molar-refractivity contribution is -0.143. The van der Waals surface area contributed by atoms with Gasteiger partial charge in [-0.1, -0.05) is 48.6 Å². The van der Waals surface area contributed by atoms with E-state index in [2.05, 4.69) is 5.10 Å². The summed E-state index contributed by atoms with van der Waals surface area (Å²) in [7, 11) is 1.44. The smallest absolute Gasteiger partial charge is 0.347 e. The van der Waals surface area contributed by atoms with Crippen LogP contribution in [0.4, 0.5) is 0 Å². The molecule has 0 bridgehead atoms. The number of allylic oxidation sites excluding steroid dienone is 1. The second-order valence-corrected chi connectivity index (χ2v) is 8.80. The summed E-state index contributed by atoms with van der Waals surface area (Å²) in [6, 6.07) is 14.7. The van der Waals surface area contributed by atoms with E-state index < -0.39 is 22.8 Å². The first kappa shape index (κ1) is 20.7. The number of aromatic amines is 1. The van der Waals surface area contributed by atoms with E-state index in [1.807, 2.05) is 48.6 Å². The fraction of sp³-hybridized carbons (Fsp3) is 0.292. The number of H-pyrrole nitrogens is 1. The fourth-order valence-electron chi connectivity index (χ4n) is 3.72. The molecule has 1 aliphatic carbocycles. The third-order valence-corrected chi connectivity index (χ3v) is 5.50. The lowest BCUT2D eigenvalue weighted by Crippen LogP contribution is -2.32. The number of carbonyl (C=O) groups excluding carboxylic acids is 1. The van der Waals surface area contributed by atoms with Crippen LogP contribution in [-0.2, 0) is 11.8 Å². The molecule has 0 aliphatic heterocycles. The molecule has 0 amide bonds. The van der Waals surface area contributed by atoms with Gasteiger partial charge in [-0.3, -0.25) is 4.79 Å². The fourth-order valence-corrected chi connectivity index (χ4v) is 3.72. The van der Waals surface area contributed by atoms with E-state index in [-0.39, 0.29) is 11.9 Å². The summed E-state index contributed by atoms with van der Waals surface area (Å²) in [4.78, 5) is 37.4. The topological polar surface area (TPSA) is 86.1 Å². The number of esters is 1. The van der Waals surface area contributed by atoms with Gasteiger partial charge in [0.25, 0.3) is 0 Å². The van der Waals surface area contributed by atoms with Gasteiger partial charge in [0.05, 0.1) is 11.5 Å². The monoisotopic (exact) mass is 419 g/mol. The number of carbonyl (C=O) groups is 1. The molecule has 2 atom stereocenters. The summed E-state index contributed by atoms with van der Waals surface area (Å²) in [5.74, 6) is -0.143. The van der Waals surface area contributed by atoms with Crippen molar-refractivity contribution >= 4 is 12.0 Å². The van der Waals surface area contributed by atoms with Gasteiger partial charge >= 0.3 is 17.3 Å². The highest BCUT2D eigenvalue weighted by atomic mass is 16.5. The summed E-state index contributed by atoms with van der Waals surface area (Å²) >= 11 is 0. The highest BCUT2D eigenvalue weighted by Gasteiger charge is 2.32. The minimum atomic E-state index is -0.649. The van der Waals surface area contributed by atoms with E-state index in [0.29, 0.717) is 5.75 Å². The Hall–Kier alpha value is -3.61. The molecule has 0 saturated carbocycles. The van der Waals surface area contributed by atoms with Crippen LogP contribution in [0.5, 0.6) is 5.75 Å². The number of rotatable bonds is 3. The Kier molecular flexibility index (Phi) is 5.05. The lowest BCUT2D eigenvalue weighted by Gasteiger charge is -2.30. The SMILES string of the molecule is Cn1c(=O)[nH]n([C@H]2c3cc(OC(=O)C(C)(C)C)ccc3C=C[C@@H]2c2ccccc2)c1=O. The van der Waals surface area contributed by atoms with Crippen molar-refractivity contribution in [2.45, 2.75) is 32.7 Å². The zero-order valence-electron chi connectivity index (χ0n) is 18.0. The van der Waals surface area contributed by atoms with Crippen molar-refractivity contribution in [1.82, 2.24) is 14.3 Å². The van der Waals surface area contributed by atoms with E-state index in [0.717, 1.165) is 21.3 Å². The second-order valence-electron chi connectivity index (χ2n) is 8.80. The molecule has 0 radical (unpaired) electrons. The summed E-state index contributed by atoms with van der Waals surface area (Å²) in [6.07, 6.45) is 4.02. The average Bonchev–Trinajstić information content (AvgIpc) is 2.99. The van der Waals surface area contributed by atoms with Crippen molar-refractivity contribution in [3.05, 3.63) is 92.3 Å². The molecule has 0 spiro atoms. The number of benzene rings is 2. The Morgan fingerprint density at radius 3 is 2.39 bits per heavy atom. The Bertz CT molecular complexity index is 1270. The Balaban J connectivity index is 1.87.